The second-order valence-electron chi connectivity index (χ2n) is 11.2. The van der Waals surface area contributed by atoms with E-state index in [2.05, 4.69) is 136 Å². The van der Waals surface area contributed by atoms with Crippen LogP contribution in [0.25, 0.3) is 49.3 Å². The van der Waals surface area contributed by atoms with E-state index in [1.54, 1.807) is 5.56 Å². The van der Waals surface area contributed by atoms with Crippen molar-refractivity contribution in [2.75, 3.05) is 0 Å². The van der Waals surface area contributed by atoms with E-state index < -0.39 is 0 Å². The summed E-state index contributed by atoms with van der Waals surface area (Å²) in [5.74, 6) is 0.690. The first kappa shape index (κ1) is 21.9. The maximum absolute atomic E-state index is 2.74. The number of benzene rings is 5. The summed E-state index contributed by atoms with van der Waals surface area (Å²) in [6.07, 6.45) is 3.69. The van der Waals surface area contributed by atoms with Gasteiger partial charge in [0.25, 0.3) is 0 Å². The fourth-order valence-corrected chi connectivity index (χ4v) is 9.27. The van der Waals surface area contributed by atoms with E-state index in [1.807, 2.05) is 0 Å². The molecule has 39 heavy (non-hydrogen) atoms. The normalized spacial score (nSPS) is 20.7. The Balaban J connectivity index is 1.33. The van der Waals surface area contributed by atoms with Crippen LogP contribution in [0.3, 0.4) is 0 Å². The summed E-state index contributed by atoms with van der Waals surface area (Å²) >= 11 is 2.12. The van der Waals surface area contributed by atoms with Gasteiger partial charge in [0, 0.05) is 48.9 Å². The molecule has 0 radical (unpaired) electrons. The van der Waals surface area contributed by atoms with Gasteiger partial charge in [0.05, 0.1) is 16.6 Å². The first-order valence-corrected chi connectivity index (χ1v) is 15.0. The number of aromatic nitrogens is 2. The van der Waals surface area contributed by atoms with Crippen LogP contribution >= 0.6 is 11.8 Å². The third-order valence-electron chi connectivity index (χ3n) is 9.25. The molecule has 0 spiro atoms. The maximum Gasteiger partial charge on any atom is 0.0595 e. The van der Waals surface area contributed by atoms with Crippen LogP contribution in [0.2, 0.25) is 0 Å². The molecule has 3 atom stereocenters. The lowest BCUT2D eigenvalue weighted by Crippen LogP contribution is -2.24. The lowest BCUT2D eigenvalue weighted by atomic mass is 9.81. The van der Waals surface area contributed by atoms with Gasteiger partial charge in [0.1, 0.15) is 0 Å². The van der Waals surface area contributed by atoms with Gasteiger partial charge >= 0.3 is 0 Å². The molecule has 1 aliphatic heterocycles. The maximum atomic E-state index is 2.74. The fraction of sp³-hybridized carbons (Fsp3) is 0.167. The predicted molar refractivity (Wildman–Crippen MR) is 165 cm³/mol. The Morgan fingerprint density at radius 2 is 1.33 bits per heavy atom. The summed E-state index contributed by atoms with van der Waals surface area (Å²) in [7, 11) is 0. The molecule has 2 nitrogen and oxygen atoms in total. The molecular weight excluding hydrogens is 492 g/mol. The third kappa shape index (κ3) is 3.05. The van der Waals surface area contributed by atoms with Crippen LogP contribution in [-0.2, 0) is 0 Å². The predicted octanol–water partition coefficient (Wildman–Crippen LogP) is 9.87. The van der Waals surface area contributed by atoms with E-state index >= 15 is 0 Å². The van der Waals surface area contributed by atoms with Gasteiger partial charge in [-0.1, -0.05) is 78.9 Å². The number of fused-ring (bicyclic) bond motifs is 10. The summed E-state index contributed by atoms with van der Waals surface area (Å²) in [6, 6.07) is 43.2. The highest BCUT2D eigenvalue weighted by molar-refractivity contribution is 8.00. The number of rotatable bonds is 2. The largest absolute Gasteiger partial charge is 0.337 e. The van der Waals surface area contributed by atoms with Crippen LogP contribution in [0, 0.1) is 0 Å². The van der Waals surface area contributed by atoms with Crippen LogP contribution in [0.5, 0.6) is 0 Å². The SMILES string of the molecule is c1ccc(-n2c3ccccc3c3c2ccc2c4ccccc4n(C4CCC5c6ccccc6SC5C4)c23)cc1. The first-order chi connectivity index (χ1) is 19.4. The zero-order chi connectivity index (χ0) is 25.5. The molecule has 0 bridgehead atoms. The van der Waals surface area contributed by atoms with Crippen molar-refractivity contribution in [3.05, 3.63) is 121 Å². The summed E-state index contributed by atoms with van der Waals surface area (Å²) in [5, 5.41) is 6.12. The van der Waals surface area contributed by atoms with Crippen molar-refractivity contribution in [3.63, 3.8) is 0 Å². The van der Waals surface area contributed by atoms with E-state index in [4.69, 9.17) is 0 Å². The van der Waals surface area contributed by atoms with Crippen molar-refractivity contribution in [2.24, 2.45) is 0 Å². The van der Waals surface area contributed by atoms with E-state index in [1.165, 1.54) is 73.5 Å². The van der Waals surface area contributed by atoms with Crippen LogP contribution in [-0.4, -0.2) is 14.4 Å². The van der Waals surface area contributed by atoms with Gasteiger partial charge in [-0.05, 0) is 67.1 Å². The van der Waals surface area contributed by atoms with Gasteiger partial charge in [0.2, 0.25) is 0 Å². The van der Waals surface area contributed by atoms with Crippen molar-refractivity contribution in [2.45, 2.75) is 41.4 Å². The Bertz CT molecular complexity index is 2050. The standard InChI is InChI=1S/C36H28N2S/c1-2-10-23(11-3-1)37-31-16-8-5-14-29(31)35-32(37)21-20-28-25-12-4-7-15-30(25)38(36(28)35)24-18-19-27-26-13-6-9-17-33(26)39-34(27)22-24/h1-17,20-21,24,27,34H,18-19,22H2. The van der Waals surface area contributed by atoms with Crippen LogP contribution in [0.15, 0.2) is 120 Å². The lowest BCUT2D eigenvalue weighted by molar-refractivity contribution is 0.347. The molecule has 3 unspecified atom stereocenters. The molecule has 2 aliphatic rings. The summed E-state index contributed by atoms with van der Waals surface area (Å²) < 4.78 is 5.20. The van der Waals surface area contributed by atoms with Crippen LogP contribution in [0.1, 0.15) is 36.8 Å². The number of hydrogen-bond donors (Lipinski definition) is 0. The smallest absolute Gasteiger partial charge is 0.0595 e. The zero-order valence-electron chi connectivity index (χ0n) is 21.6. The van der Waals surface area contributed by atoms with Gasteiger partial charge in [0.15, 0.2) is 0 Å². The van der Waals surface area contributed by atoms with Gasteiger partial charge in [-0.3, -0.25) is 0 Å². The van der Waals surface area contributed by atoms with Crippen LogP contribution < -0.4 is 0 Å². The average Bonchev–Trinajstić information content (AvgIpc) is 3.64. The Labute approximate surface area is 231 Å². The van der Waals surface area contributed by atoms with Gasteiger partial charge in [-0.25, -0.2) is 0 Å². The molecule has 9 rings (SSSR count). The highest BCUT2D eigenvalue weighted by Crippen LogP contribution is 2.55. The Morgan fingerprint density at radius 1 is 0.590 bits per heavy atom. The quantitative estimate of drug-likeness (QED) is 0.220. The molecule has 5 aromatic carbocycles. The molecular formula is C36H28N2S. The number of thioether (sulfide) groups is 1. The monoisotopic (exact) mass is 520 g/mol. The topological polar surface area (TPSA) is 9.86 Å². The highest BCUT2D eigenvalue weighted by atomic mass is 32.2. The molecule has 0 N–H and O–H groups in total. The van der Waals surface area contributed by atoms with Crippen molar-refractivity contribution in [3.8, 4) is 5.69 Å². The molecule has 188 valence electrons. The van der Waals surface area contributed by atoms with E-state index in [9.17, 15) is 0 Å². The molecule has 1 fully saturated rings. The third-order valence-corrected chi connectivity index (χ3v) is 10.7. The summed E-state index contributed by atoms with van der Waals surface area (Å²) in [6.45, 7) is 0. The zero-order valence-corrected chi connectivity index (χ0v) is 22.4. The second-order valence-corrected chi connectivity index (χ2v) is 12.5. The molecule has 7 aromatic rings. The Hall–Kier alpha value is -3.95. The van der Waals surface area contributed by atoms with E-state index in [0.29, 0.717) is 17.2 Å². The second kappa shape index (κ2) is 8.27. The molecule has 0 amide bonds. The highest BCUT2D eigenvalue weighted by Gasteiger charge is 2.39. The first-order valence-electron chi connectivity index (χ1n) is 14.1. The van der Waals surface area contributed by atoms with Gasteiger partial charge in [-0.2, -0.15) is 0 Å². The van der Waals surface area contributed by atoms with Crippen molar-refractivity contribution in [1.29, 1.82) is 0 Å². The lowest BCUT2D eigenvalue weighted by Gasteiger charge is -2.33. The number of hydrogen-bond acceptors (Lipinski definition) is 1. The minimum Gasteiger partial charge on any atom is -0.337 e. The molecule has 1 aliphatic carbocycles. The van der Waals surface area contributed by atoms with Crippen LogP contribution in [0.4, 0.5) is 0 Å². The number of para-hydroxylation sites is 3. The molecule has 0 saturated heterocycles. The average molecular weight is 521 g/mol. The van der Waals surface area contributed by atoms with Crippen molar-refractivity contribution in [1.82, 2.24) is 9.13 Å². The Kier molecular flexibility index (Phi) is 4.65. The minimum absolute atomic E-state index is 0.486. The van der Waals surface area contributed by atoms with Crippen molar-refractivity contribution < 1.29 is 0 Å². The van der Waals surface area contributed by atoms with Crippen molar-refractivity contribution >= 4 is 55.4 Å². The van der Waals surface area contributed by atoms with E-state index in [-0.39, 0.29) is 0 Å². The number of nitrogens with zero attached hydrogens (tertiary/aromatic N) is 2. The Morgan fingerprint density at radius 3 is 2.23 bits per heavy atom. The summed E-state index contributed by atoms with van der Waals surface area (Å²) in [4.78, 5) is 1.50. The minimum atomic E-state index is 0.486. The fourth-order valence-electron chi connectivity index (χ4n) is 7.66. The van der Waals surface area contributed by atoms with E-state index in [0.717, 1.165) is 0 Å². The molecule has 3 heterocycles. The summed E-state index contributed by atoms with van der Waals surface area (Å²) in [5.41, 5.74) is 8.14. The molecule has 1 saturated carbocycles. The molecule has 3 heteroatoms. The van der Waals surface area contributed by atoms with Gasteiger partial charge in [-0.15, -0.1) is 11.8 Å². The molecule has 2 aromatic heterocycles. The van der Waals surface area contributed by atoms with Gasteiger partial charge < -0.3 is 9.13 Å².